The predicted molar refractivity (Wildman–Crippen MR) is 80.9 cm³/mol. The molecule has 1 heterocycles. The minimum absolute atomic E-state index is 0.630. The minimum atomic E-state index is 0.630. The zero-order valence-electron chi connectivity index (χ0n) is 9.25. The van der Waals surface area contributed by atoms with Crippen LogP contribution in [0.4, 0.5) is 5.69 Å². The first-order chi connectivity index (χ1) is 7.72. The Balaban J connectivity index is 2.25. The van der Waals surface area contributed by atoms with Crippen LogP contribution in [0.1, 0.15) is 12.5 Å². The second kappa shape index (κ2) is 5.78. The first kappa shape index (κ1) is 12.8. The van der Waals surface area contributed by atoms with Crippen molar-refractivity contribution in [3.05, 3.63) is 28.2 Å². The SMILES string of the molecule is CC1CSCCN1c1ccc(CBr)cc1Br. The lowest BCUT2D eigenvalue weighted by molar-refractivity contribution is 0.698. The molecule has 1 unspecified atom stereocenters. The number of nitrogens with zero attached hydrogens (tertiary/aromatic N) is 1. The minimum Gasteiger partial charge on any atom is -0.366 e. The standard InChI is InChI=1S/C12H15Br2NS/c1-9-8-16-5-4-15(9)12-3-2-10(7-13)6-11(12)14/h2-3,6,9H,4-5,7-8H2,1H3. The van der Waals surface area contributed by atoms with Gasteiger partial charge in [0.25, 0.3) is 0 Å². The van der Waals surface area contributed by atoms with E-state index in [2.05, 4.69) is 73.6 Å². The van der Waals surface area contributed by atoms with Gasteiger partial charge in [-0.05, 0) is 40.5 Å². The van der Waals surface area contributed by atoms with Gasteiger partial charge in [0, 0.05) is 33.9 Å². The van der Waals surface area contributed by atoms with Gasteiger partial charge in [0.2, 0.25) is 0 Å². The van der Waals surface area contributed by atoms with Crippen LogP contribution in [0, 0.1) is 0 Å². The average Bonchev–Trinajstić information content (AvgIpc) is 2.30. The highest BCUT2D eigenvalue weighted by Crippen LogP contribution is 2.32. The second-order valence-electron chi connectivity index (χ2n) is 4.04. The largest absolute Gasteiger partial charge is 0.366 e. The smallest absolute Gasteiger partial charge is 0.0513 e. The number of benzene rings is 1. The van der Waals surface area contributed by atoms with Gasteiger partial charge in [0.1, 0.15) is 0 Å². The molecule has 1 aliphatic heterocycles. The zero-order chi connectivity index (χ0) is 11.5. The van der Waals surface area contributed by atoms with E-state index in [0.717, 1.165) is 11.9 Å². The van der Waals surface area contributed by atoms with E-state index in [1.807, 2.05) is 0 Å². The topological polar surface area (TPSA) is 3.24 Å². The van der Waals surface area contributed by atoms with E-state index in [1.165, 1.54) is 27.2 Å². The number of thioether (sulfide) groups is 1. The van der Waals surface area contributed by atoms with Gasteiger partial charge in [-0.2, -0.15) is 11.8 Å². The highest BCUT2D eigenvalue weighted by atomic mass is 79.9. The van der Waals surface area contributed by atoms with Crippen LogP contribution in [0.15, 0.2) is 22.7 Å². The Hall–Kier alpha value is 0.330. The molecule has 1 aliphatic rings. The molecule has 0 aromatic heterocycles. The normalized spacial score (nSPS) is 21.2. The van der Waals surface area contributed by atoms with Gasteiger partial charge in [-0.3, -0.25) is 0 Å². The van der Waals surface area contributed by atoms with Crippen LogP contribution in [-0.4, -0.2) is 24.1 Å². The van der Waals surface area contributed by atoms with Crippen molar-refractivity contribution >= 4 is 49.3 Å². The number of hydrogen-bond acceptors (Lipinski definition) is 2. The lowest BCUT2D eigenvalue weighted by atomic mass is 10.2. The fourth-order valence-electron chi connectivity index (χ4n) is 1.95. The van der Waals surface area contributed by atoms with Crippen LogP contribution >= 0.6 is 43.6 Å². The Morgan fingerprint density at radius 2 is 2.31 bits per heavy atom. The summed E-state index contributed by atoms with van der Waals surface area (Å²) in [6.45, 7) is 3.45. The molecule has 0 radical (unpaired) electrons. The molecule has 0 amide bonds. The molecule has 2 rings (SSSR count). The molecule has 0 N–H and O–H groups in total. The van der Waals surface area contributed by atoms with Crippen LogP contribution < -0.4 is 4.90 Å². The van der Waals surface area contributed by atoms with Gasteiger partial charge >= 0.3 is 0 Å². The fraction of sp³-hybridized carbons (Fsp3) is 0.500. The molecule has 1 fully saturated rings. The lowest BCUT2D eigenvalue weighted by Gasteiger charge is -2.35. The van der Waals surface area contributed by atoms with Gasteiger partial charge in [-0.1, -0.05) is 22.0 Å². The van der Waals surface area contributed by atoms with Crippen molar-refractivity contribution in [3.8, 4) is 0 Å². The molecule has 0 saturated carbocycles. The summed E-state index contributed by atoms with van der Waals surface area (Å²) >= 11 is 9.22. The average molecular weight is 365 g/mol. The summed E-state index contributed by atoms with van der Waals surface area (Å²) in [5.74, 6) is 2.46. The first-order valence-corrected chi connectivity index (χ1v) is 8.48. The van der Waals surface area contributed by atoms with Crippen molar-refractivity contribution in [2.24, 2.45) is 0 Å². The maximum atomic E-state index is 3.68. The number of alkyl halides is 1. The molecule has 16 heavy (non-hydrogen) atoms. The molecule has 1 nitrogen and oxygen atoms in total. The highest BCUT2D eigenvalue weighted by molar-refractivity contribution is 9.10. The molecule has 1 aromatic carbocycles. The molecule has 88 valence electrons. The summed E-state index contributed by atoms with van der Waals surface area (Å²) < 4.78 is 1.21. The van der Waals surface area contributed by atoms with Crippen LogP contribution in [0.2, 0.25) is 0 Å². The Morgan fingerprint density at radius 3 is 2.94 bits per heavy atom. The Morgan fingerprint density at radius 1 is 1.50 bits per heavy atom. The number of hydrogen-bond donors (Lipinski definition) is 0. The van der Waals surface area contributed by atoms with Crippen molar-refractivity contribution < 1.29 is 0 Å². The maximum absolute atomic E-state index is 3.68. The Labute approximate surface area is 118 Å². The summed E-state index contributed by atoms with van der Waals surface area (Å²) in [5, 5.41) is 0.914. The molecule has 4 heteroatoms. The highest BCUT2D eigenvalue weighted by Gasteiger charge is 2.20. The third kappa shape index (κ3) is 2.77. The first-order valence-electron chi connectivity index (χ1n) is 5.41. The third-order valence-electron chi connectivity index (χ3n) is 2.84. The number of halogens is 2. The molecule has 1 aromatic rings. The maximum Gasteiger partial charge on any atom is 0.0513 e. The summed E-state index contributed by atoms with van der Waals surface area (Å²) in [6.07, 6.45) is 0. The van der Waals surface area contributed by atoms with E-state index in [1.54, 1.807) is 0 Å². The second-order valence-corrected chi connectivity index (χ2v) is 6.60. The van der Waals surface area contributed by atoms with E-state index >= 15 is 0 Å². The summed E-state index contributed by atoms with van der Waals surface area (Å²) in [6, 6.07) is 7.26. The monoisotopic (exact) mass is 363 g/mol. The fourth-order valence-corrected chi connectivity index (χ4v) is 3.97. The van der Waals surface area contributed by atoms with Crippen molar-refractivity contribution in [2.45, 2.75) is 18.3 Å². The molecule has 0 aliphatic carbocycles. The van der Waals surface area contributed by atoms with E-state index in [0.29, 0.717) is 6.04 Å². The Kier molecular flexibility index (Phi) is 4.62. The summed E-state index contributed by atoms with van der Waals surface area (Å²) in [4.78, 5) is 2.50. The van der Waals surface area contributed by atoms with Gasteiger partial charge in [0.15, 0.2) is 0 Å². The van der Waals surface area contributed by atoms with Gasteiger partial charge in [-0.25, -0.2) is 0 Å². The van der Waals surface area contributed by atoms with Crippen LogP contribution in [-0.2, 0) is 5.33 Å². The molecular weight excluding hydrogens is 350 g/mol. The summed E-state index contributed by atoms with van der Waals surface area (Å²) in [5.41, 5.74) is 2.65. The quantitative estimate of drug-likeness (QED) is 0.720. The summed E-state index contributed by atoms with van der Waals surface area (Å²) in [7, 11) is 0. The van der Waals surface area contributed by atoms with Crippen molar-refractivity contribution in [3.63, 3.8) is 0 Å². The van der Waals surface area contributed by atoms with E-state index < -0.39 is 0 Å². The van der Waals surface area contributed by atoms with E-state index in [9.17, 15) is 0 Å². The Bertz CT molecular complexity index is 370. The lowest BCUT2D eigenvalue weighted by Crippen LogP contribution is -2.40. The van der Waals surface area contributed by atoms with Crippen molar-refractivity contribution in [1.82, 2.24) is 0 Å². The van der Waals surface area contributed by atoms with E-state index in [-0.39, 0.29) is 0 Å². The molecule has 1 atom stereocenters. The molecule has 1 saturated heterocycles. The molecule has 0 bridgehead atoms. The number of rotatable bonds is 2. The molecule has 0 spiro atoms. The van der Waals surface area contributed by atoms with Gasteiger partial charge < -0.3 is 4.90 Å². The van der Waals surface area contributed by atoms with Crippen LogP contribution in [0.25, 0.3) is 0 Å². The van der Waals surface area contributed by atoms with Crippen molar-refractivity contribution in [1.29, 1.82) is 0 Å². The van der Waals surface area contributed by atoms with Gasteiger partial charge in [0.05, 0.1) is 5.69 Å². The van der Waals surface area contributed by atoms with Gasteiger partial charge in [-0.15, -0.1) is 0 Å². The van der Waals surface area contributed by atoms with E-state index in [4.69, 9.17) is 0 Å². The zero-order valence-corrected chi connectivity index (χ0v) is 13.2. The number of anilines is 1. The third-order valence-corrected chi connectivity index (χ3v) is 5.32. The van der Waals surface area contributed by atoms with Crippen LogP contribution in [0.5, 0.6) is 0 Å². The van der Waals surface area contributed by atoms with Crippen LogP contribution in [0.3, 0.4) is 0 Å². The van der Waals surface area contributed by atoms with Crippen molar-refractivity contribution in [2.75, 3.05) is 23.0 Å². The molecular formula is C12H15Br2NS. The predicted octanol–water partition coefficient (Wildman–Crippen LogP) is 4.29.